The van der Waals surface area contributed by atoms with Crippen LogP contribution in [0.1, 0.15) is 27.2 Å². The third-order valence-corrected chi connectivity index (χ3v) is 8.30. The lowest BCUT2D eigenvalue weighted by molar-refractivity contribution is -0.122. The van der Waals surface area contributed by atoms with Crippen molar-refractivity contribution in [3.8, 4) is 5.75 Å². The third kappa shape index (κ3) is 9.25. The van der Waals surface area contributed by atoms with Crippen LogP contribution in [-0.4, -0.2) is 82.5 Å². The van der Waals surface area contributed by atoms with E-state index in [0.717, 1.165) is 34.4 Å². The first-order valence-corrected chi connectivity index (χ1v) is 16.0. The summed E-state index contributed by atoms with van der Waals surface area (Å²) in [6.07, 6.45) is 2.93. The zero-order chi connectivity index (χ0) is 35.0. The van der Waals surface area contributed by atoms with Gasteiger partial charge in [0.25, 0.3) is 5.91 Å². The molecule has 48 heavy (non-hydrogen) atoms. The van der Waals surface area contributed by atoms with Crippen molar-refractivity contribution in [2.45, 2.75) is 13.5 Å². The molecule has 0 aliphatic heterocycles. The molecular weight excluding hydrogens is 651 g/mol. The molecule has 3 aromatic carbocycles. The molecule has 3 amide bonds. The minimum absolute atomic E-state index is 0.0448. The third-order valence-electron chi connectivity index (χ3n) is 7.52. The van der Waals surface area contributed by atoms with Gasteiger partial charge in [-0.3, -0.25) is 14.4 Å². The van der Waals surface area contributed by atoms with Crippen LogP contribution in [0.15, 0.2) is 66.7 Å². The number of halogens is 2. The standard InChI is InChI=1S/C36H40Cl2N6O4/c1-23-20-30(43(4)5)26-8-7-9-31(35(26)41-23)48-22-27-28(37)15-16-29(34(27)38)44(6)33(46)21-40-32(45)17-12-24-10-13-25(14-11-24)36(47)39-18-19-42(2)3/h7-17,20H,18-19,21-22H2,1-6H3,(H,39,47)(H,40,45). The Labute approximate surface area is 291 Å². The van der Waals surface area contributed by atoms with E-state index in [1.165, 1.54) is 11.0 Å². The second kappa shape index (κ2) is 16.5. The van der Waals surface area contributed by atoms with E-state index in [0.29, 0.717) is 34.1 Å². The van der Waals surface area contributed by atoms with Crippen LogP contribution < -0.4 is 25.2 Å². The highest BCUT2D eigenvalue weighted by Gasteiger charge is 2.20. The van der Waals surface area contributed by atoms with Gasteiger partial charge in [-0.05, 0) is 69.1 Å². The number of fused-ring (bicyclic) bond motifs is 1. The molecule has 0 aliphatic carbocycles. The average Bonchev–Trinajstić information content (AvgIpc) is 3.05. The first-order chi connectivity index (χ1) is 22.8. The summed E-state index contributed by atoms with van der Waals surface area (Å²) in [5.41, 5.74) is 4.79. The van der Waals surface area contributed by atoms with E-state index < -0.39 is 5.91 Å². The Kier molecular flexibility index (Phi) is 12.4. The van der Waals surface area contributed by atoms with Crippen molar-refractivity contribution in [1.82, 2.24) is 20.5 Å². The highest BCUT2D eigenvalue weighted by molar-refractivity contribution is 6.38. The molecule has 0 fully saturated rings. The molecule has 10 nitrogen and oxygen atoms in total. The van der Waals surface area contributed by atoms with E-state index in [-0.39, 0.29) is 30.0 Å². The van der Waals surface area contributed by atoms with Crippen LogP contribution in [0.3, 0.4) is 0 Å². The topological polar surface area (TPSA) is 107 Å². The molecule has 252 valence electrons. The maximum absolute atomic E-state index is 13.0. The number of benzene rings is 3. The summed E-state index contributed by atoms with van der Waals surface area (Å²) in [4.78, 5) is 47.9. The minimum atomic E-state index is -0.449. The van der Waals surface area contributed by atoms with Crippen molar-refractivity contribution in [3.63, 3.8) is 0 Å². The predicted molar refractivity (Wildman–Crippen MR) is 194 cm³/mol. The molecule has 0 saturated heterocycles. The fourth-order valence-electron chi connectivity index (χ4n) is 4.83. The van der Waals surface area contributed by atoms with Gasteiger partial charge in [-0.15, -0.1) is 0 Å². The number of aromatic nitrogens is 1. The smallest absolute Gasteiger partial charge is 0.251 e. The molecule has 0 unspecified atom stereocenters. The van der Waals surface area contributed by atoms with Gasteiger partial charge in [-0.2, -0.15) is 0 Å². The van der Waals surface area contributed by atoms with Crippen LogP contribution in [0.5, 0.6) is 5.75 Å². The number of likely N-dealkylation sites (N-methyl/N-ethyl adjacent to an activating group) is 2. The van der Waals surface area contributed by atoms with Gasteiger partial charge in [0.1, 0.15) is 17.9 Å². The second-order valence-corrected chi connectivity index (χ2v) is 12.4. The van der Waals surface area contributed by atoms with Crippen molar-refractivity contribution in [1.29, 1.82) is 0 Å². The van der Waals surface area contributed by atoms with Gasteiger partial charge in [0.05, 0.1) is 17.3 Å². The lowest BCUT2D eigenvalue weighted by Crippen LogP contribution is -2.37. The number of nitrogens with one attached hydrogen (secondary N) is 2. The first kappa shape index (κ1) is 36.2. The van der Waals surface area contributed by atoms with Crippen LogP contribution in [0.4, 0.5) is 11.4 Å². The molecule has 12 heteroatoms. The number of carbonyl (C=O) groups is 3. The van der Waals surface area contributed by atoms with Gasteiger partial charge < -0.3 is 30.1 Å². The van der Waals surface area contributed by atoms with Crippen molar-refractivity contribution >= 4 is 69.3 Å². The molecule has 1 heterocycles. The van der Waals surface area contributed by atoms with E-state index in [1.807, 2.05) is 69.2 Å². The number of pyridine rings is 1. The number of nitrogens with zero attached hydrogens (tertiary/aromatic N) is 4. The normalized spacial score (nSPS) is 11.2. The molecule has 2 N–H and O–H groups in total. The summed E-state index contributed by atoms with van der Waals surface area (Å²) in [5, 5.41) is 7.06. The molecule has 0 spiro atoms. The lowest BCUT2D eigenvalue weighted by Gasteiger charge is -2.21. The highest BCUT2D eigenvalue weighted by atomic mass is 35.5. The van der Waals surface area contributed by atoms with E-state index in [2.05, 4.69) is 10.6 Å². The van der Waals surface area contributed by atoms with E-state index in [9.17, 15) is 14.4 Å². The Balaban J connectivity index is 1.36. The van der Waals surface area contributed by atoms with Crippen LogP contribution in [0.25, 0.3) is 17.0 Å². The minimum Gasteiger partial charge on any atom is -0.487 e. The highest BCUT2D eigenvalue weighted by Crippen LogP contribution is 2.36. The molecule has 0 saturated carbocycles. The summed E-state index contributed by atoms with van der Waals surface area (Å²) in [5.74, 6) is -0.421. The SMILES string of the molecule is Cc1cc(N(C)C)c2cccc(OCc3c(Cl)ccc(N(C)C(=O)CNC(=O)C=Cc4ccc(C(=O)NCCN(C)C)cc4)c3Cl)c2n1. The van der Waals surface area contributed by atoms with Crippen LogP contribution in [0.2, 0.25) is 10.0 Å². The molecule has 4 rings (SSSR count). The zero-order valence-corrected chi connectivity index (χ0v) is 29.4. The Morgan fingerprint density at radius 1 is 0.917 bits per heavy atom. The number of amides is 3. The molecule has 0 aliphatic rings. The molecule has 0 radical (unpaired) electrons. The van der Waals surface area contributed by atoms with E-state index >= 15 is 0 Å². The first-order valence-electron chi connectivity index (χ1n) is 15.3. The number of anilines is 2. The summed E-state index contributed by atoms with van der Waals surface area (Å²) >= 11 is 13.3. The zero-order valence-electron chi connectivity index (χ0n) is 27.9. The largest absolute Gasteiger partial charge is 0.487 e. The fraction of sp³-hybridized carbons (Fsp3) is 0.278. The van der Waals surface area contributed by atoms with E-state index in [1.54, 1.807) is 49.5 Å². The average molecular weight is 692 g/mol. The van der Waals surface area contributed by atoms with Gasteiger partial charge in [-0.25, -0.2) is 4.98 Å². The van der Waals surface area contributed by atoms with Crippen LogP contribution in [0, 0.1) is 6.92 Å². The summed E-state index contributed by atoms with van der Waals surface area (Å²) in [6.45, 7) is 3.01. The number of carbonyl (C=O) groups excluding carboxylic acids is 3. The monoisotopic (exact) mass is 690 g/mol. The Morgan fingerprint density at radius 3 is 2.33 bits per heavy atom. The van der Waals surface area contributed by atoms with Gasteiger partial charge in [-0.1, -0.05) is 47.5 Å². The van der Waals surface area contributed by atoms with Gasteiger partial charge in [0, 0.05) is 73.2 Å². The Bertz CT molecular complexity index is 1830. The maximum Gasteiger partial charge on any atom is 0.251 e. The van der Waals surface area contributed by atoms with Crippen LogP contribution in [-0.2, 0) is 16.2 Å². The van der Waals surface area contributed by atoms with Crippen molar-refractivity contribution < 1.29 is 19.1 Å². The van der Waals surface area contributed by atoms with Gasteiger partial charge >= 0.3 is 0 Å². The van der Waals surface area contributed by atoms with Crippen LogP contribution >= 0.6 is 23.2 Å². The molecule has 0 atom stereocenters. The Hall–Kier alpha value is -4.64. The second-order valence-electron chi connectivity index (χ2n) is 11.7. The number of hydrogen-bond acceptors (Lipinski definition) is 7. The molecule has 0 bridgehead atoms. The van der Waals surface area contributed by atoms with E-state index in [4.69, 9.17) is 32.9 Å². The van der Waals surface area contributed by atoms with Gasteiger partial charge in [0.15, 0.2) is 0 Å². The number of hydrogen-bond donors (Lipinski definition) is 2. The van der Waals surface area contributed by atoms with Gasteiger partial charge in [0.2, 0.25) is 11.8 Å². The number of para-hydroxylation sites is 1. The number of ether oxygens (including phenoxy) is 1. The van der Waals surface area contributed by atoms with Crippen molar-refractivity contribution in [2.24, 2.45) is 0 Å². The molecule has 1 aromatic heterocycles. The Morgan fingerprint density at radius 2 is 1.65 bits per heavy atom. The predicted octanol–water partition coefficient (Wildman–Crippen LogP) is 5.58. The van der Waals surface area contributed by atoms with Crippen molar-refractivity contribution in [3.05, 3.63) is 99.2 Å². The summed E-state index contributed by atoms with van der Waals surface area (Å²) < 4.78 is 6.20. The molecule has 4 aromatic rings. The maximum atomic E-state index is 13.0. The number of aryl methyl sites for hydroxylation is 1. The molecular formula is C36H40Cl2N6O4. The van der Waals surface area contributed by atoms with Crippen molar-refractivity contribution in [2.75, 3.05) is 64.7 Å². The number of rotatable bonds is 13. The summed E-state index contributed by atoms with van der Waals surface area (Å²) in [7, 11) is 9.40. The summed E-state index contributed by atoms with van der Waals surface area (Å²) in [6, 6.07) is 17.9. The lowest BCUT2D eigenvalue weighted by atomic mass is 10.1. The quantitative estimate of drug-likeness (QED) is 0.177. The fourth-order valence-corrected chi connectivity index (χ4v) is 5.44.